The number of hydrogen-bond acceptors (Lipinski definition) is 2. The molecule has 0 bridgehead atoms. The van der Waals surface area contributed by atoms with Crippen molar-refractivity contribution < 1.29 is 0 Å². The highest BCUT2D eigenvalue weighted by Gasteiger charge is 1.94. The molecule has 0 spiro atoms. The Morgan fingerprint density at radius 1 is 1.00 bits per heavy atom. The molecule has 0 unspecified atom stereocenters. The Balaban J connectivity index is 1.65. The standard InChI is InChI=1S/C16H19NS/c1-14-6-5-9-16(12-14)17-10-11-18-13-15-7-3-2-4-8-15/h2-9,12,17H,10-11,13H2,1H3. The second-order valence-corrected chi connectivity index (χ2v) is 5.44. The van der Waals surface area contributed by atoms with E-state index in [1.54, 1.807) is 0 Å². The maximum Gasteiger partial charge on any atom is 0.0343 e. The number of rotatable bonds is 6. The number of benzene rings is 2. The van der Waals surface area contributed by atoms with E-state index >= 15 is 0 Å². The van der Waals surface area contributed by atoms with E-state index in [1.807, 2.05) is 11.8 Å². The van der Waals surface area contributed by atoms with Crippen molar-refractivity contribution in [2.75, 3.05) is 17.6 Å². The molecule has 0 aliphatic carbocycles. The number of thioether (sulfide) groups is 1. The van der Waals surface area contributed by atoms with Crippen LogP contribution in [0, 0.1) is 6.92 Å². The van der Waals surface area contributed by atoms with Crippen LogP contribution in [0.3, 0.4) is 0 Å². The highest BCUT2D eigenvalue weighted by atomic mass is 32.2. The maximum atomic E-state index is 3.45. The molecular weight excluding hydrogens is 238 g/mol. The topological polar surface area (TPSA) is 12.0 Å². The molecule has 0 radical (unpaired) electrons. The van der Waals surface area contributed by atoms with Crippen molar-refractivity contribution in [3.05, 3.63) is 65.7 Å². The molecule has 0 aromatic heterocycles. The first-order valence-corrected chi connectivity index (χ1v) is 7.42. The molecule has 2 aromatic rings. The molecule has 1 N–H and O–H groups in total. The van der Waals surface area contributed by atoms with Crippen LogP contribution in [0.15, 0.2) is 54.6 Å². The largest absolute Gasteiger partial charge is 0.384 e. The summed E-state index contributed by atoms with van der Waals surface area (Å²) in [5, 5.41) is 3.45. The Bertz CT molecular complexity index is 468. The molecule has 2 heteroatoms. The summed E-state index contributed by atoms with van der Waals surface area (Å²) in [6.07, 6.45) is 0. The van der Waals surface area contributed by atoms with Gasteiger partial charge in [-0.1, -0.05) is 42.5 Å². The van der Waals surface area contributed by atoms with E-state index in [0.29, 0.717) is 0 Å². The van der Waals surface area contributed by atoms with Gasteiger partial charge in [-0.15, -0.1) is 0 Å². The first-order valence-electron chi connectivity index (χ1n) is 6.27. The van der Waals surface area contributed by atoms with Crippen LogP contribution in [0.2, 0.25) is 0 Å². The SMILES string of the molecule is Cc1cccc(NCCSCc2ccccc2)c1. The average molecular weight is 257 g/mol. The Labute approximate surface area is 114 Å². The zero-order chi connectivity index (χ0) is 12.6. The number of nitrogens with one attached hydrogen (secondary N) is 1. The van der Waals surface area contributed by atoms with Crippen molar-refractivity contribution in [3.63, 3.8) is 0 Å². The predicted molar refractivity (Wildman–Crippen MR) is 82.3 cm³/mol. The molecule has 0 saturated heterocycles. The number of hydrogen-bond donors (Lipinski definition) is 1. The highest BCUT2D eigenvalue weighted by Crippen LogP contribution is 2.13. The van der Waals surface area contributed by atoms with Crippen molar-refractivity contribution in [1.82, 2.24) is 0 Å². The third-order valence-corrected chi connectivity index (χ3v) is 3.74. The fourth-order valence-corrected chi connectivity index (χ4v) is 2.61. The Hall–Kier alpha value is -1.41. The van der Waals surface area contributed by atoms with Crippen LogP contribution in [0.5, 0.6) is 0 Å². The van der Waals surface area contributed by atoms with Gasteiger partial charge in [0.25, 0.3) is 0 Å². The summed E-state index contributed by atoms with van der Waals surface area (Å²) in [6, 6.07) is 19.1. The van der Waals surface area contributed by atoms with E-state index in [2.05, 4.69) is 66.8 Å². The minimum absolute atomic E-state index is 1.01. The quantitative estimate of drug-likeness (QED) is 0.773. The molecule has 94 valence electrons. The van der Waals surface area contributed by atoms with Gasteiger partial charge in [0.1, 0.15) is 0 Å². The first-order chi connectivity index (χ1) is 8.84. The molecule has 0 heterocycles. The molecule has 2 aromatic carbocycles. The van der Waals surface area contributed by atoms with Crippen LogP contribution < -0.4 is 5.32 Å². The zero-order valence-corrected chi connectivity index (χ0v) is 11.5. The van der Waals surface area contributed by atoms with E-state index < -0.39 is 0 Å². The highest BCUT2D eigenvalue weighted by molar-refractivity contribution is 7.98. The summed E-state index contributed by atoms with van der Waals surface area (Å²) in [4.78, 5) is 0. The minimum Gasteiger partial charge on any atom is -0.384 e. The molecule has 0 amide bonds. The minimum atomic E-state index is 1.01. The van der Waals surface area contributed by atoms with Gasteiger partial charge in [-0.05, 0) is 30.2 Å². The maximum absolute atomic E-state index is 3.45. The first kappa shape index (κ1) is 13.0. The van der Waals surface area contributed by atoms with Gasteiger partial charge in [0.2, 0.25) is 0 Å². The Morgan fingerprint density at radius 3 is 2.61 bits per heavy atom. The molecule has 0 saturated carbocycles. The van der Waals surface area contributed by atoms with E-state index in [0.717, 1.165) is 18.1 Å². The lowest BCUT2D eigenvalue weighted by Gasteiger charge is -2.07. The Kier molecular flexibility index (Phi) is 5.15. The van der Waals surface area contributed by atoms with Gasteiger partial charge < -0.3 is 5.32 Å². The smallest absolute Gasteiger partial charge is 0.0343 e. The van der Waals surface area contributed by atoms with Crippen molar-refractivity contribution in [3.8, 4) is 0 Å². The average Bonchev–Trinajstić information content (AvgIpc) is 2.40. The van der Waals surface area contributed by atoms with Gasteiger partial charge in [-0.3, -0.25) is 0 Å². The summed E-state index contributed by atoms with van der Waals surface area (Å²) < 4.78 is 0. The third-order valence-electron chi connectivity index (χ3n) is 2.71. The summed E-state index contributed by atoms with van der Waals surface area (Å²) in [6.45, 7) is 3.14. The van der Waals surface area contributed by atoms with Crippen LogP contribution in [0.1, 0.15) is 11.1 Å². The van der Waals surface area contributed by atoms with Crippen LogP contribution in [-0.2, 0) is 5.75 Å². The third kappa shape index (κ3) is 4.46. The molecule has 0 fully saturated rings. The number of aryl methyl sites for hydroxylation is 1. The lowest BCUT2D eigenvalue weighted by atomic mass is 10.2. The van der Waals surface area contributed by atoms with Gasteiger partial charge in [0, 0.05) is 23.7 Å². The number of anilines is 1. The monoisotopic (exact) mass is 257 g/mol. The van der Waals surface area contributed by atoms with Crippen molar-refractivity contribution in [2.24, 2.45) is 0 Å². The zero-order valence-electron chi connectivity index (χ0n) is 10.7. The molecule has 0 aliphatic heterocycles. The van der Waals surface area contributed by atoms with E-state index in [9.17, 15) is 0 Å². The van der Waals surface area contributed by atoms with Crippen LogP contribution in [-0.4, -0.2) is 12.3 Å². The van der Waals surface area contributed by atoms with Gasteiger partial charge in [0.05, 0.1) is 0 Å². The van der Waals surface area contributed by atoms with Gasteiger partial charge in [-0.25, -0.2) is 0 Å². The lowest BCUT2D eigenvalue weighted by molar-refractivity contribution is 1.22. The van der Waals surface area contributed by atoms with Gasteiger partial charge >= 0.3 is 0 Å². The van der Waals surface area contributed by atoms with E-state index in [1.165, 1.54) is 16.8 Å². The molecule has 0 aliphatic rings. The second-order valence-electron chi connectivity index (χ2n) is 4.33. The molecule has 0 atom stereocenters. The van der Waals surface area contributed by atoms with Crippen LogP contribution in [0.25, 0.3) is 0 Å². The fraction of sp³-hybridized carbons (Fsp3) is 0.250. The summed E-state index contributed by atoms with van der Waals surface area (Å²) >= 11 is 1.97. The summed E-state index contributed by atoms with van der Waals surface area (Å²) in [7, 11) is 0. The van der Waals surface area contributed by atoms with Gasteiger partial charge in [0.15, 0.2) is 0 Å². The fourth-order valence-electron chi connectivity index (χ4n) is 1.79. The predicted octanol–water partition coefficient (Wildman–Crippen LogP) is 4.34. The van der Waals surface area contributed by atoms with Crippen molar-refractivity contribution in [1.29, 1.82) is 0 Å². The van der Waals surface area contributed by atoms with Crippen molar-refractivity contribution in [2.45, 2.75) is 12.7 Å². The molecule has 2 rings (SSSR count). The van der Waals surface area contributed by atoms with Crippen LogP contribution in [0.4, 0.5) is 5.69 Å². The lowest BCUT2D eigenvalue weighted by Crippen LogP contribution is -2.04. The summed E-state index contributed by atoms with van der Waals surface area (Å²) in [5.74, 6) is 2.22. The molecular formula is C16H19NS. The molecule has 1 nitrogen and oxygen atoms in total. The van der Waals surface area contributed by atoms with E-state index in [4.69, 9.17) is 0 Å². The van der Waals surface area contributed by atoms with Gasteiger partial charge in [-0.2, -0.15) is 11.8 Å². The normalized spacial score (nSPS) is 10.3. The molecule has 18 heavy (non-hydrogen) atoms. The van der Waals surface area contributed by atoms with E-state index in [-0.39, 0.29) is 0 Å². The van der Waals surface area contributed by atoms with Crippen molar-refractivity contribution >= 4 is 17.4 Å². The second kappa shape index (κ2) is 7.12. The summed E-state index contributed by atoms with van der Waals surface area (Å²) in [5.41, 5.74) is 3.92. The van der Waals surface area contributed by atoms with Crippen LogP contribution >= 0.6 is 11.8 Å². The Morgan fingerprint density at radius 2 is 1.83 bits per heavy atom.